The number of allylic oxidation sites excluding steroid dienone is 2. The third-order valence-electron chi connectivity index (χ3n) is 3.65. The van der Waals surface area contributed by atoms with Gasteiger partial charge in [-0.1, -0.05) is 44.8 Å². The van der Waals surface area contributed by atoms with Gasteiger partial charge < -0.3 is 0 Å². The Bertz CT molecular complexity index is 230. The van der Waals surface area contributed by atoms with Crippen molar-refractivity contribution in [1.82, 2.24) is 0 Å². The Labute approximate surface area is 107 Å². The van der Waals surface area contributed by atoms with Crippen LogP contribution in [0.2, 0.25) is 0 Å². The minimum Gasteiger partial charge on any atom is -0.300 e. The maximum absolute atomic E-state index is 11.7. The quantitative estimate of drug-likeness (QED) is 0.538. The predicted molar refractivity (Wildman–Crippen MR) is 74.1 cm³/mol. The van der Waals surface area contributed by atoms with Gasteiger partial charge in [0.2, 0.25) is 0 Å². The summed E-state index contributed by atoms with van der Waals surface area (Å²) < 4.78 is 0. The maximum Gasteiger partial charge on any atom is 0.133 e. The number of ketones is 1. The minimum absolute atomic E-state index is 0.483. The van der Waals surface area contributed by atoms with E-state index in [-0.39, 0.29) is 0 Å². The molecule has 0 N–H and O–H groups in total. The van der Waals surface area contributed by atoms with E-state index in [2.05, 4.69) is 19.1 Å². The maximum atomic E-state index is 11.7. The fourth-order valence-corrected chi connectivity index (χ4v) is 2.50. The SMILES string of the molecule is CC1CC/C=C/CCCCCCCCC(=O)C1. The van der Waals surface area contributed by atoms with Crippen LogP contribution in [0.1, 0.15) is 77.6 Å². The fraction of sp³-hybridized carbons (Fsp3) is 0.812. The van der Waals surface area contributed by atoms with Gasteiger partial charge >= 0.3 is 0 Å². The Morgan fingerprint density at radius 1 is 0.941 bits per heavy atom. The highest BCUT2D eigenvalue weighted by Crippen LogP contribution is 2.16. The molecule has 98 valence electrons. The van der Waals surface area contributed by atoms with Gasteiger partial charge in [0.25, 0.3) is 0 Å². The molecule has 1 atom stereocenters. The van der Waals surface area contributed by atoms with Crippen LogP contribution in [0, 0.1) is 5.92 Å². The summed E-state index contributed by atoms with van der Waals surface area (Å²) in [6.45, 7) is 2.21. The molecule has 1 rings (SSSR count). The van der Waals surface area contributed by atoms with Gasteiger partial charge in [0.05, 0.1) is 0 Å². The topological polar surface area (TPSA) is 17.1 Å². The molecule has 0 saturated heterocycles. The van der Waals surface area contributed by atoms with Crippen LogP contribution < -0.4 is 0 Å². The van der Waals surface area contributed by atoms with E-state index in [4.69, 9.17) is 0 Å². The molecule has 1 aliphatic carbocycles. The van der Waals surface area contributed by atoms with Crippen LogP contribution in [-0.4, -0.2) is 5.78 Å². The molecule has 1 heteroatoms. The van der Waals surface area contributed by atoms with Crippen molar-refractivity contribution < 1.29 is 4.79 Å². The van der Waals surface area contributed by atoms with E-state index >= 15 is 0 Å². The minimum atomic E-state index is 0.483. The Balaban J connectivity index is 2.30. The monoisotopic (exact) mass is 236 g/mol. The van der Waals surface area contributed by atoms with E-state index in [0.717, 1.165) is 25.7 Å². The average Bonchev–Trinajstić information content (AvgIpc) is 2.30. The molecule has 0 aliphatic heterocycles. The van der Waals surface area contributed by atoms with E-state index in [9.17, 15) is 4.79 Å². The Kier molecular flexibility index (Phi) is 8.04. The van der Waals surface area contributed by atoms with Crippen molar-refractivity contribution in [3.8, 4) is 0 Å². The molecular weight excluding hydrogens is 208 g/mol. The molecule has 0 spiro atoms. The first-order chi connectivity index (χ1) is 8.29. The van der Waals surface area contributed by atoms with E-state index in [1.54, 1.807) is 0 Å². The average molecular weight is 236 g/mol. The van der Waals surface area contributed by atoms with Crippen molar-refractivity contribution in [3.05, 3.63) is 12.2 Å². The highest BCUT2D eigenvalue weighted by atomic mass is 16.1. The van der Waals surface area contributed by atoms with Gasteiger partial charge in [-0.25, -0.2) is 0 Å². The van der Waals surface area contributed by atoms with Gasteiger partial charge in [-0.15, -0.1) is 0 Å². The second-order valence-electron chi connectivity index (χ2n) is 5.56. The van der Waals surface area contributed by atoms with Crippen LogP contribution in [-0.2, 0) is 4.79 Å². The number of carbonyl (C=O) groups is 1. The van der Waals surface area contributed by atoms with Gasteiger partial charge in [-0.05, 0) is 38.0 Å². The smallest absolute Gasteiger partial charge is 0.133 e. The lowest BCUT2D eigenvalue weighted by molar-refractivity contribution is -0.120. The van der Waals surface area contributed by atoms with Crippen LogP contribution in [0.5, 0.6) is 0 Å². The number of hydrogen-bond acceptors (Lipinski definition) is 1. The largest absolute Gasteiger partial charge is 0.300 e. The summed E-state index contributed by atoms with van der Waals surface area (Å²) >= 11 is 0. The Morgan fingerprint density at radius 3 is 2.41 bits per heavy atom. The van der Waals surface area contributed by atoms with Crippen molar-refractivity contribution in [2.45, 2.75) is 77.6 Å². The van der Waals surface area contributed by atoms with Crippen molar-refractivity contribution in [1.29, 1.82) is 0 Å². The van der Waals surface area contributed by atoms with Crippen molar-refractivity contribution in [2.75, 3.05) is 0 Å². The molecule has 0 fully saturated rings. The lowest BCUT2D eigenvalue weighted by Crippen LogP contribution is -2.05. The van der Waals surface area contributed by atoms with E-state index in [1.807, 2.05) is 0 Å². The zero-order valence-electron chi connectivity index (χ0n) is 11.4. The summed E-state index contributed by atoms with van der Waals surface area (Å²) in [7, 11) is 0. The highest BCUT2D eigenvalue weighted by Gasteiger charge is 2.08. The molecule has 1 unspecified atom stereocenters. The molecule has 0 bridgehead atoms. The van der Waals surface area contributed by atoms with Crippen LogP contribution in [0.4, 0.5) is 0 Å². The van der Waals surface area contributed by atoms with Gasteiger partial charge in [-0.2, -0.15) is 0 Å². The first-order valence-corrected chi connectivity index (χ1v) is 7.45. The van der Waals surface area contributed by atoms with Crippen LogP contribution in [0.25, 0.3) is 0 Å². The lowest BCUT2D eigenvalue weighted by atomic mass is 9.96. The molecule has 1 nitrogen and oxygen atoms in total. The zero-order valence-corrected chi connectivity index (χ0v) is 11.4. The molecule has 0 radical (unpaired) electrons. The summed E-state index contributed by atoms with van der Waals surface area (Å²) in [5.41, 5.74) is 0. The van der Waals surface area contributed by atoms with E-state index in [0.29, 0.717) is 11.7 Å². The first kappa shape index (κ1) is 14.5. The third-order valence-corrected chi connectivity index (χ3v) is 3.65. The van der Waals surface area contributed by atoms with Crippen molar-refractivity contribution in [3.63, 3.8) is 0 Å². The standard InChI is InChI=1S/C16H28O/c1-15-12-10-8-6-4-2-3-5-7-9-11-13-16(17)14-15/h6,8,15H,2-5,7,9-14H2,1H3/b8-6+. The molecular formula is C16H28O. The highest BCUT2D eigenvalue weighted by molar-refractivity contribution is 5.78. The van der Waals surface area contributed by atoms with Gasteiger partial charge in [-0.3, -0.25) is 4.79 Å². The van der Waals surface area contributed by atoms with E-state index in [1.165, 1.54) is 44.9 Å². The second-order valence-corrected chi connectivity index (χ2v) is 5.56. The van der Waals surface area contributed by atoms with Crippen LogP contribution in [0.3, 0.4) is 0 Å². The molecule has 0 aromatic heterocycles. The molecule has 17 heavy (non-hydrogen) atoms. The fourth-order valence-electron chi connectivity index (χ4n) is 2.50. The number of carbonyl (C=O) groups excluding carboxylic acids is 1. The molecule has 0 aromatic carbocycles. The molecule has 0 aromatic rings. The summed E-state index contributed by atoms with van der Waals surface area (Å²) in [5.74, 6) is 1.05. The van der Waals surface area contributed by atoms with Gasteiger partial charge in [0.1, 0.15) is 5.78 Å². The molecule has 0 saturated carbocycles. The van der Waals surface area contributed by atoms with Crippen LogP contribution >= 0.6 is 0 Å². The number of Topliss-reactive ketones (excluding diaryl/α,β-unsaturated/α-hetero) is 1. The second kappa shape index (κ2) is 9.44. The van der Waals surface area contributed by atoms with Crippen LogP contribution in [0.15, 0.2) is 12.2 Å². The Hall–Kier alpha value is -0.590. The van der Waals surface area contributed by atoms with Crippen molar-refractivity contribution in [2.24, 2.45) is 5.92 Å². The predicted octanol–water partition coefficient (Wildman–Crippen LogP) is 5.05. The summed E-state index contributed by atoms with van der Waals surface area (Å²) in [4.78, 5) is 11.7. The summed E-state index contributed by atoms with van der Waals surface area (Å²) in [6, 6.07) is 0. The molecule has 0 amide bonds. The Morgan fingerprint density at radius 2 is 1.59 bits per heavy atom. The third kappa shape index (κ3) is 8.18. The molecule has 1 aliphatic rings. The number of rotatable bonds is 0. The number of hydrogen-bond donors (Lipinski definition) is 0. The lowest BCUT2D eigenvalue weighted by Gasteiger charge is -2.08. The van der Waals surface area contributed by atoms with Crippen molar-refractivity contribution >= 4 is 5.78 Å². The summed E-state index contributed by atoms with van der Waals surface area (Å²) in [5, 5.41) is 0. The summed E-state index contributed by atoms with van der Waals surface area (Å²) in [6.07, 6.45) is 17.5. The zero-order chi connectivity index (χ0) is 12.3. The van der Waals surface area contributed by atoms with Gasteiger partial charge in [0, 0.05) is 12.8 Å². The normalized spacial score (nSPS) is 28.1. The van der Waals surface area contributed by atoms with E-state index < -0.39 is 0 Å². The van der Waals surface area contributed by atoms with Gasteiger partial charge in [0.15, 0.2) is 0 Å². The first-order valence-electron chi connectivity index (χ1n) is 7.45. The molecule has 0 heterocycles.